The van der Waals surface area contributed by atoms with E-state index in [1.165, 1.54) is 0 Å². The van der Waals surface area contributed by atoms with Gasteiger partial charge in [-0.25, -0.2) is 4.98 Å². The summed E-state index contributed by atoms with van der Waals surface area (Å²) >= 11 is 6.94. The predicted molar refractivity (Wildman–Crippen MR) is 149 cm³/mol. The molecular formula is C27H23Br2N5O2. The smallest absolute Gasteiger partial charge is 0.252 e. The zero-order valence-electron chi connectivity index (χ0n) is 19.7. The van der Waals surface area contributed by atoms with Crippen molar-refractivity contribution in [1.29, 1.82) is 0 Å². The molecule has 3 heterocycles. The van der Waals surface area contributed by atoms with Gasteiger partial charge >= 0.3 is 0 Å². The zero-order chi connectivity index (χ0) is 25.4. The molecule has 2 aromatic carbocycles. The number of aryl methyl sites for hydroxylation is 2. The Kier molecular flexibility index (Phi) is 6.77. The average Bonchev–Trinajstić information content (AvgIpc) is 3.38. The highest BCUT2D eigenvalue weighted by Gasteiger charge is 2.35. The van der Waals surface area contributed by atoms with Crippen LogP contribution in [0.1, 0.15) is 33.7 Å². The summed E-state index contributed by atoms with van der Waals surface area (Å²) in [6.07, 6.45) is 4.36. The van der Waals surface area contributed by atoms with E-state index in [4.69, 9.17) is 4.98 Å². The second kappa shape index (κ2) is 9.99. The Hall–Kier alpha value is -3.30. The summed E-state index contributed by atoms with van der Waals surface area (Å²) in [4.78, 5) is 33.0. The highest BCUT2D eigenvalue weighted by Crippen LogP contribution is 2.26. The lowest BCUT2D eigenvalue weighted by atomic mass is 10.1. The number of halogens is 2. The van der Waals surface area contributed by atoms with E-state index in [1.54, 1.807) is 15.6 Å². The fraction of sp³-hybridized carbons (Fsp3) is 0.185. The molecule has 0 bridgehead atoms. The molecule has 36 heavy (non-hydrogen) atoms. The Morgan fingerprint density at radius 3 is 2.53 bits per heavy atom. The normalized spacial score (nSPS) is 15.8. The van der Waals surface area contributed by atoms with Crippen molar-refractivity contribution in [1.82, 2.24) is 20.1 Å². The number of carbonyl (C=O) groups is 2. The Morgan fingerprint density at radius 1 is 1.06 bits per heavy atom. The second-order valence-corrected chi connectivity index (χ2v) is 10.5. The summed E-state index contributed by atoms with van der Waals surface area (Å²) < 4.78 is 3.54. The lowest BCUT2D eigenvalue weighted by Gasteiger charge is -2.17. The van der Waals surface area contributed by atoms with Crippen LogP contribution in [-0.2, 0) is 11.8 Å². The minimum absolute atomic E-state index is 0.138. The molecule has 0 radical (unpaired) electrons. The largest absolute Gasteiger partial charge is 0.340 e. The van der Waals surface area contributed by atoms with Crippen LogP contribution in [0.5, 0.6) is 0 Å². The van der Waals surface area contributed by atoms with Gasteiger partial charge in [-0.2, -0.15) is 5.10 Å². The van der Waals surface area contributed by atoms with Gasteiger partial charge < -0.3 is 5.32 Å². The average molecular weight is 609 g/mol. The minimum Gasteiger partial charge on any atom is -0.340 e. The molecule has 1 unspecified atom stereocenters. The van der Waals surface area contributed by atoms with Gasteiger partial charge in [0.1, 0.15) is 11.9 Å². The molecule has 2 aromatic heterocycles. The summed E-state index contributed by atoms with van der Waals surface area (Å²) in [6, 6.07) is 16.6. The number of aromatic nitrogens is 3. The van der Waals surface area contributed by atoms with Gasteiger partial charge in [-0.1, -0.05) is 50.1 Å². The molecule has 0 spiro atoms. The highest BCUT2D eigenvalue weighted by molar-refractivity contribution is 9.10. The van der Waals surface area contributed by atoms with Crippen molar-refractivity contribution in [3.63, 3.8) is 0 Å². The first kappa shape index (κ1) is 24.4. The van der Waals surface area contributed by atoms with E-state index in [0.717, 1.165) is 26.0 Å². The molecule has 1 saturated heterocycles. The number of fused-ring (bicyclic) bond motifs is 1. The number of anilines is 1. The monoisotopic (exact) mass is 607 g/mol. The molecule has 4 aromatic rings. The van der Waals surface area contributed by atoms with E-state index in [0.29, 0.717) is 35.1 Å². The summed E-state index contributed by atoms with van der Waals surface area (Å²) in [5.74, 6) is 0.286. The molecule has 5 rings (SSSR count). The highest BCUT2D eigenvalue weighted by atomic mass is 79.9. The van der Waals surface area contributed by atoms with Crippen molar-refractivity contribution in [3.05, 3.63) is 86.1 Å². The topological polar surface area (TPSA) is 80.1 Å². The number of amides is 2. The van der Waals surface area contributed by atoms with Crippen LogP contribution in [-0.4, -0.2) is 39.2 Å². The number of hydrogen-bond acceptors (Lipinski definition) is 4. The van der Waals surface area contributed by atoms with Crippen molar-refractivity contribution >= 4 is 72.5 Å². The van der Waals surface area contributed by atoms with Crippen LogP contribution in [0.25, 0.3) is 23.1 Å². The third-order valence-corrected chi connectivity index (χ3v) is 7.14. The van der Waals surface area contributed by atoms with E-state index in [2.05, 4.69) is 42.3 Å². The lowest BCUT2D eigenvalue weighted by Crippen LogP contribution is -2.42. The molecule has 2 amide bonds. The van der Waals surface area contributed by atoms with Crippen molar-refractivity contribution in [3.8, 4) is 0 Å². The second-order valence-electron chi connectivity index (χ2n) is 8.71. The minimum atomic E-state index is -0.607. The summed E-state index contributed by atoms with van der Waals surface area (Å²) in [6.45, 7) is 2.41. The molecule has 182 valence electrons. The van der Waals surface area contributed by atoms with Crippen molar-refractivity contribution in [2.24, 2.45) is 7.05 Å². The van der Waals surface area contributed by atoms with Gasteiger partial charge in [-0.05, 0) is 61.4 Å². The van der Waals surface area contributed by atoms with Crippen LogP contribution >= 0.6 is 31.9 Å². The van der Waals surface area contributed by atoms with E-state index in [1.807, 2.05) is 74.7 Å². The number of carbonyl (C=O) groups excluding carboxylic acids is 2. The third kappa shape index (κ3) is 4.99. The van der Waals surface area contributed by atoms with Crippen LogP contribution in [0.15, 0.2) is 63.5 Å². The molecule has 0 aliphatic carbocycles. The molecule has 1 aliphatic heterocycles. The first-order chi connectivity index (χ1) is 17.3. The Labute approximate surface area is 225 Å². The van der Waals surface area contributed by atoms with Crippen molar-refractivity contribution in [2.45, 2.75) is 19.4 Å². The molecule has 0 saturated carbocycles. The van der Waals surface area contributed by atoms with Crippen molar-refractivity contribution in [2.75, 3.05) is 11.4 Å². The number of nitrogens with one attached hydrogen (secondary N) is 1. The third-order valence-electron chi connectivity index (χ3n) is 6.12. The van der Waals surface area contributed by atoms with Crippen LogP contribution in [0.3, 0.4) is 0 Å². The first-order valence-corrected chi connectivity index (χ1v) is 13.0. The maximum Gasteiger partial charge on any atom is 0.252 e. The summed E-state index contributed by atoms with van der Waals surface area (Å²) in [5.41, 5.74) is 3.68. The van der Waals surface area contributed by atoms with E-state index in [9.17, 15) is 9.59 Å². The Morgan fingerprint density at radius 2 is 1.81 bits per heavy atom. The summed E-state index contributed by atoms with van der Waals surface area (Å²) in [7, 11) is 1.81. The maximum absolute atomic E-state index is 13.5. The fourth-order valence-electron chi connectivity index (χ4n) is 4.37. The van der Waals surface area contributed by atoms with Gasteiger partial charge in [0.25, 0.3) is 11.8 Å². The molecule has 1 N–H and O–H groups in total. The van der Waals surface area contributed by atoms with E-state index < -0.39 is 6.04 Å². The lowest BCUT2D eigenvalue weighted by molar-refractivity contribution is -0.118. The van der Waals surface area contributed by atoms with E-state index in [-0.39, 0.29) is 11.8 Å². The number of rotatable bonds is 5. The number of pyridine rings is 1. The molecule has 1 atom stereocenters. The fourth-order valence-corrected chi connectivity index (χ4v) is 5.00. The molecular weight excluding hydrogens is 586 g/mol. The van der Waals surface area contributed by atoms with Crippen LogP contribution < -0.4 is 10.2 Å². The Bertz CT molecular complexity index is 1510. The van der Waals surface area contributed by atoms with Gasteiger partial charge in [0.15, 0.2) is 0 Å². The van der Waals surface area contributed by atoms with Crippen LogP contribution in [0.4, 0.5) is 5.82 Å². The standard InChI is InChI=1S/C27H23Br2N5O2/c1-16-13-25(33(2)32-16)34-12-11-24(27(34)36)31-26(35)22-15-20(9-5-17-3-6-18(28)7-4-17)30-23-10-8-19(29)14-21(22)23/h3-10,13-15,24H,11-12H2,1-2H3,(H,31,35)/b9-5+. The first-order valence-electron chi connectivity index (χ1n) is 11.5. The number of hydrogen-bond donors (Lipinski definition) is 1. The molecule has 1 aliphatic rings. The predicted octanol–water partition coefficient (Wildman–Crippen LogP) is 5.51. The molecule has 9 heteroatoms. The number of nitrogens with zero attached hydrogens (tertiary/aromatic N) is 4. The molecule has 1 fully saturated rings. The van der Waals surface area contributed by atoms with Gasteiger partial charge in [-0.15, -0.1) is 0 Å². The van der Waals surface area contributed by atoms with Gasteiger partial charge in [0.05, 0.1) is 22.5 Å². The zero-order valence-corrected chi connectivity index (χ0v) is 22.9. The van der Waals surface area contributed by atoms with Crippen molar-refractivity contribution < 1.29 is 9.59 Å². The quantitative estimate of drug-likeness (QED) is 0.324. The maximum atomic E-state index is 13.5. The number of benzene rings is 2. The SMILES string of the molecule is Cc1cc(N2CCC(NC(=O)c3cc(/C=C/c4ccc(Br)cc4)nc4ccc(Br)cc34)C2=O)n(C)n1. The Balaban J connectivity index is 1.43. The summed E-state index contributed by atoms with van der Waals surface area (Å²) in [5, 5.41) is 8.01. The van der Waals surface area contributed by atoms with Crippen LogP contribution in [0.2, 0.25) is 0 Å². The van der Waals surface area contributed by atoms with Crippen LogP contribution in [0, 0.1) is 6.92 Å². The van der Waals surface area contributed by atoms with Gasteiger partial charge in [-0.3, -0.25) is 19.2 Å². The van der Waals surface area contributed by atoms with Gasteiger partial charge in [0.2, 0.25) is 0 Å². The van der Waals surface area contributed by atoms with Gasteiger partial charge in [0, 0.05) is 34.0 Å². The molecule has 7 nitrogen and oxygen atoms in total. The van der Waals surface area contributed by atoms with E-state index >= 15 is 0 Å².